The number of hydrogen-bond acceptors (Lipinski definition) is 6. The Morgan fingerprint density at radius 3 is 2.92 bits per heavy atom. The van der Waals surface area contributed by atoms with Gasteiger partial charge in [0.2, 0.25) is 0 Å². The summed E-state index contributed by atoms with van der Waals surface area (Å²) < 4.78 is 10.4. The Kier molecular flexibility index (Phi) is 3.59. The number of fused-ring (bicyclic) bond motifs is 2. The van der Waals surface area contributed by atoms with Crippen LogP contribution in [0, 0.1) is 17.2 Å². The SMILES string of the molecule is C=C1Nc2ccc(CC(C#N)C(=O)c3ccc4oc(=O)[nH]c4c3)cc2O1. The van der Waals surface area contributed by atoms with Crippen LogP contribution in [0.25, 0.3) is 11.1 Å². The van der Waals surface area contributed by atoms with E-state index >= 15 is 0 Å². The molecule has 0 bridgehead atoms. The lowest BCUT2D eigenvalue weighted by Crippen LogP contribution is -2.15. The fourth-order valence-corrected chi connectivity index (χ4v) is 2.93. The molecule has 0 radical (unpaired) electrons. The normalized spacial score (nSPS) is 13.6. The number of H-pyrrole nitrogens is 1. The molecule has 7 heteroatoms. The molecule has 2 aromatic carbocycles. The first-order valence-corrected chi connectivity index (χ1v) is 7.87. The Bertz CT molecular complexity index is 1150. The van der Waals surface area contributed by atoms with Crippen molar-refractivity contribution in [3.05, 3.63) is 70.5 Å². The van der Waals surface area contributed by atoms with Crippen LogP contribution in [0.5, 0.6) is 5.75 Å². The molecule has 3 aromatic rings. The van der Waals surface area contributed by atoms with Crippen molar-refractivity contribution in [2.75, 3.05) is 5.32 Å². The number of nitriles is 1. The van der Waals surface area contributed by atoms with Crippen molar-refractivity contribution in [1.29, 1.82) is 5.26 Å². The van der Waals surface area contributed by atoms with Gasteiger partial charge in [0, 0.05) is 5.56 Å². The van der Waals surface area contributed by atoms with Crippen LogP contribution in [-0.2, 0) is 6.42 Å². The minimum atomic E-state index is -0.860. The second-order valence-corrected chi connectivity index (χ2v) is 5.96. The minimum absolute atomic E-state index is 0.248. The van der Waals surface area contributed by atoms with E-state index in [0.29, 0.717) is 28.3 Å². The largest absolute Gasteiger partial charge is 0.440 e. The molecule has 7 nitrogen and oxygen atoms in total. The van der Waals surface area contributed by atoms with E-state index in [1.165, 1.54) is 12.1 Å². The van der Waals surface area contributed by atoms with Crippen molar-refractivity contribution < 1.29 is 13.9 Å². The van der Waals surface area contributed by atoms with E-state index in [0.717, 1.165) is 11.3 Å². The van der Waals surface area contributed by atoms with Gasteiger partial charge in [0.25, 0.3) is 0 Å². The molecule has 26 heavy (non-hydrogen) atoms. The van der Waals surface area contributed by atoms with Gasteiger partial charge in [-0.05, 0) is 48.9 Å². The molecule has 0 aliphatic carbocycles. The van der Waals surface area contributed by atoms with Gasteiger partial charge in [0.15, 0.2) is 23.0 Å². The number of oxazole rings is 1. The number of nitrogens with one attached hydrogen (secondary N) is 2. The molecule has 1 aliphatic heterocycles. The van der Waals surface area contributed by atoms with Crippen LogP contribution in [0.1, 0.15) is 15.9 Å². The summed E-state index contributed by atoms with van der Waals surface area (Å²) in [6.07, 6.45) is 0.248. The number of carbonyl (C=O) groups is 1. The van der Waals surface area contributed by atoms with Crippen molar-refractivity contribution in [1.82, 2.24) is 4.98 Å². The number of ketones is 1. The zero-order valence-electron chi connectivity index (χ0n) is 13.5. The van der Waals surface area contributed by atoms with Gasteiger partial charge < -0.3 is 14.5 Å². The molecule has 1 aromatic heterocycles. The number of aromatic amines is 1. The fourth-order valence-electron chi connectivity index (χ4n) is 2.93. The molecule has 1 atom stereocenters. The summed E-state index contributed by atoms with van der Waals surface area (Å²) in [5.74, 6) is -0.710. The Morgan fingerprint density at radius 2 is 2.12 bits per heavy atom. The van der Waals surface area contributed by atoms with Gasteiger partial charge in [-0.15, -0.1) is 0 Å². The highest BCUT2D eigenvalue weighted by atomic mass is 16.5. The third-order valence-electron chi connectivity index (χ3n) is 4.17. The maximum Gasteiger partial charge on any atom is 0.417 e. The van der Waals surface area contributed by atoms with E-state index in [1.807, 2.05) is 12.1 Å². The van der Waals surface area contributed by atoms with Crippen LogP contribution in [0.4, 0.5) is 5.69 Å². The van der Waals surface area contributed by atoms with Crippen molar-refractivity contribution >= 4 is 22.6 Å². The lowest BCUT2D eigenvalue weighted by molar-refractivity contribution is 0.0948. The van der Waals surface area contributed by atoms with Crippen LogP contribution >= 0.6 is 0 Å². The zero-order chi connectivity index (χ0) is 18.3. The first-order chi connectivity index (χ1) is 12.5. The summed E-state index contributed by atoms with van der Waals surface area (Å²) in [5, 5.41) is 12.4. The van der Waals surface area contributed by atoms with E-state index in [9.17, 15) is 14.9 Å². The van der Waals surface area contributed by atoms with Crippen LogP contribution in [0.2, 0.25) is 0 Å². The summed E-state index contributed by atoms with van der Waals surface area (Å²) in [6.45, 7) is 3.70. The first kappa shape index (κ1) is 15.7. The van der Waals surface area contributed by atoms with Crippen molar-refractivity contribution in [2.24, 2.45) is 5.92 Å². The molecule has 0 saturated heterocycles. The Balaban J connectivity index is 1.59. The molecular formula is C19H13N3O4. The summed E-state index contributed by atoms with van der Waals surface area (Å²) in [4.78, 5) is 26.5. The van der Waals surface area contributed by atoms with Gasteiger partial charge in [-0.2, -0.15) is 5.26 Å². The molecule has 0 fully saturated rings. The van der Waals surface area contributed by atoms with E-state index in [1.54, 1.807) is 12.1 Å². The second-order valence-electron chi connectivity index (χ2n) is 5.96. The third-order valence-corrected chi connectivity index (χ3v) is 4.17. The summed E-state index contributed by atoms with van der Waals surface area (Å²) in [5.41, 5.74) is 2.73. The zero-order valence-corrected chi connectivity index (χ0v) is 13.5. The van der Waals surface area contributed by atoms with Crippen LogP contribution in [-0.4, -0.2) is 10.8 Å². The number of benzene rings is 2. The highest BCUT2D eigenvalue weighted by Crippen LogP contribution is 2.34. The van der Waals surface area contributed by atoms with Crippen LogP contribution < -0.4 is 15.8 Å². The predicted molar refractivity (Wildman–Crippen MR) is 93.8 cm³/mol. The molecule has 2 heterocycles. The number of nitrogens with zero attached hydrogens (tertiary/aromatic N) is 1. The molecule has 1 aliphatic rings. The number of rotatable bonds is 4. The lowest BCUT2D eigenvalue weighted by Gasteiger charge is -2.09. The highest BCUT2D eigenvalue weighted by molar-refractivity contribution is 6.01. The maximum atomic E-state index is 12.7. The molecule has 1 unspecified atom stereocenters. The van der Waals surface area contributed by atoms with Crippen molar-refractivity contribution in [3.8, 4) is 11.8 Å². The van der Waals surface area contributed by atoms with Gasteiger partial charge in [-0.3, -0.25) is 9.78 Å². The highest BCUT2D eigenvalue weighted by Gasteiger charge is 2.23. The third kappa shape index (κ3) is 2.74. The quantitative estimate of drug-likeness (QED) is 0.703. The molecule has 4 rings (SSSR count). The Labute approximate surface area is 147 Å². The summed E-state index contributed by atoms with van der Waals surface area (Å²) in [7, 11) is 0. The first-order valence-electron chi connectivity index (χ1n) is 7.87. The van der Waals surface area contributed by atoms with Crippen LogP contribution in [0.3, 0.4) is 0 Å². The monoisotopic (exact) mass is 347 g/mol. The van der Waals surface area contributed by atoms with Gasteiger partial charge in [-0.1, -0.05) is 6.07 Å². The molecule has 2 N–H and O–H groups in total. The summed E-state index contributed by atoms with van der Waals surface area (Å²) >= 11 is 0. The average Bonchev–Trinajstić information content (AvgIpc) is 3.18. The minimum Gasteiger partial charge on any atom is -0.440 e. The molecular weight excluding hydrogens is 334 g/mol. The van der Waals surface area contributed by atoms with Crippen molar-refractivity contribution in [2.45, 2.75) is 6.42 Å². The van der Waals surface area contributed by atoms with E-state index < -0.39 is 11.7 Å². The number of aromatic nitrogens is 1. The standard InChI is InChI=1S/C19H13N3O4/c1-10-21-14-4-2-11(7-17(14)25-10)6-13(9-20)18(23)12-3-5-16-15(8-12)22-19(24)26-16/h2-5,7-8,13,21H,1,6H2,(H,22,24). The van der Waals surface area contributed by atoms with Crippen LogP contribution in [0.15, 0.2) is 58.1 Å². The Hall–Kier alpha value is -3.79. The van der Waals surface area contributed by atoms with E-state index in [2.05, 4.69) is 22.9 Å². The number of carbonyl (C=O) groups excluding carboxylic acids is 1. The summed E-state index contributed by atoms with van der Waals surface area (Å²) in [6, 6.07) is 12.1. The van der Waals surface area contributed by atoms with Gasteiger partial charge in [-0.25, -0.2) is 4.79 Å². The number of Topliss-reactive ketones (excluding diaryl/α,β-unsaturated/α-hetero) is 1. The van der Waals surface area contributed by atoms with Gasteiger partial charge in [0.1, 0.15) is 5.92 Å². The van der Waals surface area contributed by atoms with Crippen molar-refractivity contribution in [3.63, 3.8) is 0 Å². The lowest BCUT2D eigenvalue weighted by atomic mass is 9.92. The number of anilines is 1. The molecule has 128 valence electrons. The van der Waals surface area contributed by atoms with E-state index in [-0.39, 0.29) is 12.2 Å². The fraction of sp³-hybridized carbons (Fsp3) is 0.105. The number of ether oxygens (including phenoxy) is 1. The molecule has 0 spiro atoms. The molecule has 0 amide bonds. The van der Waals surface area contributed by atoms with Gasteiger partial charge >= 0.3 is 5.76 Å². The molecule has 0 saturated carbocycles. The smallest absolute Gasteiger partial charge is 0.417 e. The second kappa shape index (κ2) is 5.93. The Morgan fingerprint density at radius 1 is 1.27 bits per heavy atom. The van der Waals surface area contributed by atoms with Gasteiger partial charge in [0.05, 0.1) is 17.3 Å². The average molecular weight is 347 g/mol. The van der Waals surface area contributed by atoms with E-state index in [4.69, 9.17) is 9.15 Å². The topological polar surface area (TPSA) is 108 Å². The number of hydrogen-bond donors (Lipinski definition) is 2. The predicted octanol–water partition coefficient (Wildman–Crippen LogP) is 2.96. The maximum absolute atomic E-state index is 12.7.